The summed E-state index contributed by atoms with van der Waals surface area (Å²) < 4.78 is 11.5. The van der Waals surface area contributed by atoms with Crippen molar-refractivity contribution < 1.29 is 14.3 Å². The Labute approximate surface area is 120 Å². The van der Waals surface area contributed by atoms with E-state index in [1.165, 1.54) is 12.8 Å². The van der Waals surface area contributed by atoms with Crippen molar-refractivity contribution in [3.63, 3.8) is 0 Å². The van der Waals surface area contributed by atoms with Crippen LogP contribution in [-0.4, -0.2) is 39.9 Å². The molecular weight excluding hydrogens is 256 g/mol. The lowest BCUT2D eigenvalue weighted by Gasteiger charge is -2.36. The minimum atomic E-state index is -1.54. The van der Waals surface area contributed by atoms with Crippen LogP contribution in [0.1, 0.15) is 52.9 Å². The van der Waals surface area contributed by atoms with E-state index in [-0.39, 0.29) is 6.61 Å². The summed E-state index contributed by atoms with van der Waals surface area (Å²) in [5, 5.41) is 8.91. The van der Waals surface area contributed by atoms with Gasteiger partial charge >= 0.3 is 0 Å². The smallest absolute Gasteiger partial charge is 0.191 e. The maximum Gasteiger partial charge on any atom is 0.191 e. The molecule has 0 radical (unpaired) electrons. The minimum absolute atomic E-state index is 0.227. The molecule has 4 heteroatoms. The van der Waals surface area contributed by atoms with Crippen LogP contribution in [-0.2, 0) is 9.16 Å². The fraction of sp³-hybridized carbons (Fsp3) is 1.00. The topological polar surface area (TPSA) is 38.7 Å². The van der Waals surface area contributed by atoms with E-state index < -0.39 is 8.32 Å². The van der Waals surface area contributed by atoms with Gasteiger partial charge in [-0.3, -0.25) is 0 Å². The van der Waals surface area contributed by atoms with Crippen molar-refractivity contribution in [2.45, 2.75) is 71.0 Å². The molecule has 0 saturated carbocycles. The van der Waals surface area contributed by atoms with Gasteiger partial charge < -0.3 is 14.3 Å². The third-order valence-electron chi connectivity index (χ3n) is 3.90. The predicted molar refractivity (Wildman–Crippen MR) is 84.1 cm³/mol. The van der Waals surface area contributed by atoms with Crippen LogP contribution in [0.5, 0.6) is 0 Å². The quantitative estimate of drug-likeness (QED) is 0.462. The monoisotopic (exact) mass is 290 g/mol. The Balaban J connectivity index is 3.37. The van der Waals surface area contributed by atoms with Crippen LogP contribution in [0, 0.1) is 0 Å². The molecular formula is C15H34O3Si. The first-order valence-corrected chi connectivity index (χ1v) is 10.5. The summed E-state index contributed by atoms with van der Waals surface area (Å²) in [6.45, 7) is 14.1. The highest BCUT2D eigenvalue weighted by Gasteiger charge is 2.36. The molecule has 116 valence electrons. The zero-order valence-corrected chi connectivity index (χ0v) is 14.6. The van der Waals surface area contributed by atoms with Crippen LogP contribution in [0.4, 0.5) is 0 Å². The second-order valence-corrected chi connectivity index (χ2v) is 11.5. The molecule has 0 atom stereocenters. The fourth-order valence-electron chi connectivity index (χ4n) is 1.47. The molecule has 3 nitrogen and oxygen atoms in total. The van der Waals surface area contributed by atoms with Crippen molar-refractivity contribution in [3.05, 3.63) is 0 Å². The zero-order valence-electron chi connectivity index (χ0n) is 13.6. The van der Waals surface area contributed by atoms with Crippen molar-refractivity contribution >= 4 is 8.32 Å². The summed E-state index contributed by atoms with van der Waals surface area (Å²) in [5.74, 6) is 0. The number of ether oxygens (including phenoxy) is 1. The summed E-state index contributed by atoms with van der Waals surface area (Å²) in [6, 6.07) is 0. The van der Waals surface area contributed by atoms with Crippen molar-refractivity contribution in [2.75, 3.05) is 26.4 Å². The molecule has 0 fully saturated rings. The maximum absolute atomic E-state index is 8.60. The Bertz CT molecular complexity index is 212. The molecule has 1 N–H and O–H groups in total. The summed E-state index contributed by atoms with van der Waals surface area (Å²) in [7, 11) is -1.54. The number of hydrogen-bond donors (Lipinski definition) is 1. The Morgan fingerprint density at radius 1 is 0.842 bits per heavy atom. The minimum Gasteiger partial charge on any atom is -0.417 e. The van der Waals surface area contributed by atoms with Gasteiger partial charge in [-0.2, -0.15) is 0 Å². The number of aliphatic hydroxyl groups is 1. The number of hydrogen-bond acceptors (Lipinski definition) is 3. The second kappa shape index (κ2) is 9.92. The molecule has 0 amide bonds. The molecule has 0 aromatic carbocycles. The Kier molecular flexibility index (Phi) is 9.97. The molecule has 0 aromatic heterocycles. The highest BCUT2D eigenvalue weighted by Crippen LogP contribution is 2.36. The molecule has 0 aromatic rings. The van der Waals surface area contributed by atoms with E-state index in [4.69, 9.17) is 14.3 Å². The first kappa shape index (κ1) is 19.1. The summed E-state index contributed by atoms with van der Waals surface area (Å²) in [6.07, 6.45) is 5.45. The van der Waals surface area contributed by atoms with Gasteiger partial charge in [-0.15, -0.1) is 0 Å². The third-order valence-corrected chi connectivity index (χ3v) is 8.44. The summed E-state index contributed by atoms with van der Waals surface area (Å²) >= 11 is 0. The van der Waals surface area contributed by atoms with E-state index in [2.05, 4.69) is 33.9 Å². The molecule has 0 saturated heterocycles. The van der Waals surface area contributed by atoms with Gasteiger partial charge in [0.1, 0.15) is 0 Å². The van der Waals surface area contributed by atoms with Gasteiger partial charge in [0.05, 0.1) is 0 Å². The number of unbranched alkanes of at least 4 members (excludes halogenated alkanes) is 3. The molecule has 0 bridgehead atoms. The molecule has 0 aliphatic heterocycles. The van der Waals surface area contributed by atoms with Crippen LogP contribution in [0.3, 0.4) is 0 Å². The lowest BCUT2D eigenvalue weighted by Crippen LogP contribution is -2.40. The Morgan fingerprint density at radius 3 is 1.89 bits per heavy atom. The van der Waals surface area contributed by atoms with E-state index in [1.807, 2.05) is 0 Å². The molecule has 0 aliphatic rings. The SMILES string of the molecule is CC(C)(C)[Si](C)(C)OCCCCCCOCCCO. The average Bonchev–Trinajstić information content (AvgIpc) is 2.30. The Hall–Kier alpha value is 0.0969. The lowest BCUT2D eigenvalue weighted by atomic mass is 10.2. The van der Waals surface area contributed by atoms with Gasteiger partial charge in [0.15, 0.2) is 8.32 Å². The van der Waals surface area contributed by atoms with Gasteiger partial charge in [-0.05, 0) is 37.4 Å². The third kappa shape index (κ3) is 9.60. The van der Waals surface area contributed by atoms with Crippen molar-refractivity contribution in [3.8, 4) is 0 Å². The van der Waals surface area contributed by atoms with Crippen LogP contribution >= 0.6 is 0 Å². The second-order valence-electron chi connectivity index (χ2n) is 6.71. The van der Waals surface area contributed by atoms with Gasteiger partial charge in [0.25, 0.3) is 0 Å². The van der Waals surface area contributed by atoms with E-state index in [0.29, 0.717) is 11.6 Å². The molecule has 19 heavy (non-hydrogen) atoms. The standard InChI is InChI=1S/C15H34O3Si/c1-15(2,3)19(4,5)18-14-9-7-6-8-12-17-13-10-11-16/h16H,6-14H2,1-5H3. The molecule has 0 unspecified atom stereocenters. The van der Waals surface area contributed by atoms with Gasteiger partial charge in [0, 0.05) is 26.4 Å². The Morgan fingerprint density at radius 2 is 1.37 bits per heavy atom. The van der Waals surface area contributed by atoms with E-state index in [1.54, 1.807) is 0 Å². The van der Waals surface area contributed by atoms with Crippen LogP contribution in [0.2, 0.25) is 18.1 Å². The van der Waals surface area contributed by atoms with Crippen LogP contribution < -0.4 is 0 Å². The van der Waals surface area contributed by atoms with Crippen LogP contribution in [0.25, 0.3) is 0 Å². The first-order valence-electron chi connectivity index (χ1n) is 7.64. The molecule has 0 spiro atoms. The summed E-state index contributed by atoms with van der Waals surface area (Å²) in [4.78, 5) is 0. The number of aliphatic hydroxyl groups excluding tert-OH is 1. The van der Waals surface area contributed by atoms with E-state index in [9.17, 15) is 0 Å². The van der Waals surface area contributed by atoms with Crippen LogP contribution in [0.15, 0.2) is 0 Å². The zero-order chi connectivity index (χ0) is 14.8. The van der Waals surface area contributed by atoms with Crippen molar-refractivity contribution in [1.82, 2.24) is 0 Å². The van der Waals surface area contributed by atoms with Gasteiger partial charge in [0.2, 0.25) is 0 Å². The molecule has 0 rings (SSSR count). The predicted octanol–water partition coefficient (Wildman–Crippen LogP) is 3.97. The normalized spacial score (nSPS) is 12.9. The van der Waals surface area contributed by atoms with Crippen molar-refractivity contribution in [2.24, 2.45) is 0 Å². The highest BCUT2D eigenvalue weighted by atomic mass is 28.4. The largest absolute Gasteiger partial charge is 0.417 e. The molecule has 0 heterocycles. The average molecular weight is 291 g/mol. The van der Waals surface area contributed by atoms with E-state index in [0.717, 1.165) is 32.5 Å². The van der Waals surface area contributed by atoms with E-state index >= 15 is 0 Å². The van der Waals surface area contributed by atoms with Gasteiger partial charge in [-0.25, -0.2) is 0 Å². The van der Waals surface area contributed by atoms with Crippen molar-refractivity contribution in [1.29, 1.82) is 0 Å². The first-order chi connectivity index (χ1) is 8.81. The maximum atomic E-state index is 8.60. The number of rotatable bonds is 11. The molecule has 0 aliphatic carbocycles. The lowest BCUT2D eigenvalue weighted by molar-refractivity contribution is 0.112. The highest BCUT2D eigenvalue weighted by molar-refractivity contribution is 6.74. The van der Waals surface area contributed by atoms with Gasteiger partial charge in [-0.1, -0.05) is 33.6 Å². The summed E-state index contributed by atoms with van der Waals surface area (Å²) in [5.41, 5.74) is 0. The fourth-order valence-corrected chi connectivity index (χ4v) is 2.56.